The second-order valence-electron chi connectivity index (χ2n) is 7.55. The van der Waals surface area contributed by atoms with Crippen molar-refractivity contribution in [1.29, 1.82) is 0 Å². The van der Waals surface area contributed by atoms with Crippen molar-refractivity contribution in [3.05, 3.63) is 78.3 Å². The molecule has 0 bridgehead atoms. The number of rotatable bonds is 5. The lowest BCUT2D eigenvalue weighted by molar-refractivity contribution is -0.141. The van der Waals surface area contributed by atoms with Crippen LogP contribution in [0.3, 0.4) is 0 Å². The number of aromatic nitrogens is 1. The Kier molecular flexibility index (Phi) is 5.13. The van der Waals surface area contributed by atoms with E-state index in [1.165, 1.54) is 0 Å². The molecule has 1 fully saturated rings. The first-order chi connectivity index (χ1) is 15.2. The number of nitrogens with one attached hydrogen (secondary N) is 1. The van der Waals surface area contributed by atoms with Crippen LogP contribution in [0, 0.1) is 0 Å². The zero-order valence-corrected chi connectivity index (χ0v) is 16.9. The molecule has 0 spiro atoms. The van der Waals surface area contributed by atoms with E-state index < -0.39 is 18.1 Å². The average molecular weight is 417 g/mol. The second kappa shape index (κ2) is 8.23. The summed E-state index contributed by atoms with van der Waals surface area (Å²) in [5.74, 6) is 0.623. The van der Waals surface area contributed by atoms with Gasteiger partial charge in [-0.3, -0.25) is 4.99 Å². The molecular weight excluding hydrogens is 394 g/mol. The predicted octanol–water partition coefficient (Wildman–Crippen LogP) is 2.65. The van der Waals surface area contributed by atoms with Crippen LogP contribution in [0.5, 0.6) is 0 Å². The van der Waals surface area contributed by atoms with E-state index in [2.05, 4.69) is 15.2 Å². The number of hydrogen-bond acceptors (Lipinski definition) is 7. The fraction of sp³-hybridized carbons (Fsp3) is 0.261. The van der Waals surface area contributed by atoms with Crippen molar-refractivity contribution >= 4 is 23.3 Å². The molecule has 158 valence electrons. The molecule has 3 aliphatic rings. The first-order valence-electron chi connectivity index (χ1n) is 10.3. The van der Waals surface area contributed by atoms with Crippen LogP contribution in [0.2, 0.25) is 0 Å². The van der Waals surface area contributed by atoms with Gasteiger partial charge >= 0.3 is 5.97 Å². The topological polar surface area (TPSA) is 90.3 Å². The molecule has 5 rings (SSSR count). The fourth-order valence-corrected chi connectivity index (χ4v) is 4.09. The molecule has 0 radical (unpaired) electrons. The third-order valence-electron chi connectivity index (χ3n) is 5.61. The van der Waals surface area contributed by atoms with Crippen molar-refractivity contribution in [3.63, 3.8) is 0 Å². The number of carboxylic acid groups (broad SMARTS) is 1. The zero-order chi connectivity index (χ0) is 21.2. The molecule has 2 atom stereocenters. The van der Waals surface area contributed by atoms with Crippen LogP contribution in [0.1, 0.15) is 11.6 Å². The Bertz CT molecular complexity index is 1040. The van der Waals surface area contributed by atoms with E-state index in [4.69, 9.17) is 9.73 Å². The molecule has 2 unspecified atom stereocenters. The van der Waals surface area contributed by atoms with Crippen LogP contribution in [0.15, 0.2) is 77.7 Å². The Morgan fingerprint density at radius 2 is 1.94 bits per heavy atom. The molecule has 0 amide bonds. The number of nitrogens with zero attached hydrogens (tertiary/aromatic N) is 4. The molecule has 8 nitrogen and oxygen atoms in total. The van der Waals surface area contributed by atoms with Gasteiger partial charge in [-0.15, -0.1) is 0 Å². The lowest BCUT2D eigenvalue weighted by Crippen LogP contribution is -2.41. The van der Waals surface area contributed by atoms with E-state index in [0.717, 1.165) is 35.9 Å². The maximum atomic E-state index is 12.1. The highest BCUT2D eigenvalue weighted by atomic mass is 16.5. The van der Waals surface area contributed by atoms with Gasteiger partial charge in [-0.05, 0) is 29.8 Å². The van der Waals surface area contributed by atoms with Crippen LogP contribution in [0.25, 0.3) is 0 Å². The predicted molar refractivity (Wildman–Crippen MR) is 118 cm³/mol. The largest absolute Gasteiger partial charge is 0.480 e. The Morgan fingerprint density at radius 3 is 2.65 bits per heavy atom. The van der Waals surface area contributed by atoms with Crippen molar-refractivity contribution in [1.82, 2.24) is 9.88 Å². The van der Waals surface area contributed by atoms with Gasteiger partial charge in [-0.1, -0.05) is 30.3 Å². The van der Waals surface area contributed by atoms with Gasteiger partial charge in [0.1, 0.15) is 11.9 Å². The number of fused-ring (bicyclic) bond motifs is 1. The smallest absolute Gasteiger partial charge is 0.329 e. The molecule has 31 heavy (non-hydrogen) atoms. The highest BCUT2D eigenvalue weighted by Crippen LogP contribution is 2.35. The third-order valence-corrected chi connectivity index (χ3v) is 5.61. The Hall–Kier alpha value is -3.65. The fourth-order valence-electron chi connectivity index (χ4n) is 4.09. The van der Waals surface area contributed by atoms with Crippen LogP contribution in [-0.2, 0) is 9.53 Å². The molecule has 1 aromatic heterocycles. The summed E-state index contributed by atoms with van der Waals surface area (Å²) in [6, 6.07) is 12.2. The molecule has 8 heteroatoms. The summed E-state index contributed by atoms with van der Waals surface area (Å²) < 4.78 is 5.40. The summed E-state index contributed by atoms with van der Waals surface area (Å²) in [4.78, 5) is 25.4. The van der Waals surface area contributed by atoms with Gasteiger partial charge in [0.05, 0.1) is 30.8 Å². The van der Waals surface area contributed by atoms with E-state index in [1.54, 1.807) is 17.3 Å². The molecule has 1 saturated heterocycles. The van der Waals surface area contributed by atoms with Crippen LogP contribution in [-0.4, -0.2) is 59.1 Å². The maximum Gasteiger partial charge on any atom is 0.329 e. The first-order valence-corrected chi connectivity index (χ1v) is 10.3. The number of hydrogen-bond donors (Lipinski definition) is 2. The number of carbonyl (C=O) groups is 1. The second-order valence-corrected chi connectivity index (χ2v) is 7.55. The van der Waals surface area contributed by atoms with Gasteiger partial charge in [-0.2, -0.15) is 0 Å². The van der Waals surface area contributed by atoms with Crippen molar-refractivity contribution in [2.24, 2.45) is 4.99 Å². The number of carboxylic acids is 1. The van der Waals surface area contributed by atoms with Crippen molar-refractivity contribution in [2.45, 2.75) is 12.1 Å². The summed E-state index contributed by atoms with van der Waals surface area (Å²) in [5, 5.41) is 13.3. The molecule has 0 saturated carbocycles. The zero-order valence-electron chi connectivity index (χ0n) is 16.9. The van der Waals surface area contributed by atoms with Crippen LogP contribution >= 0.6 is 0 Å². The van der Waals surface area contributed by atoms with E-state index >= 15 is 0 Å². The SMILES string of the molecule is O=C(O)C1C(c2ccccc2)N=C2C(Nc3ccc(N4CCOCC4)nc3)=CC=CN21. The number of pyridine rings is 1. The van der Waals surface area contributed by atoms with E-state index in [9.17, 15) is 9.90 Å². The van der Waals surface area contributed by atoms with Gasteiger partial charge < -0.3 is 25.0 Å². The average Bonchev–Trinajstić information content (AvgIpc) is 3.22. The number of amidine groups is 1. The lowest BCUT2D eigenvalue weighted by Gasteiger charge is -2.28. The van der Waals surface area contributed by atoms with Gasteiger partial charge in [0.2, 0.25) is 0 Å². The number of ether oxygens (including phenoxy) is 1. The van der Waals surface area contributed by atoms with Gasteiger partial charge in [0.25, 0.3) is 0 Å². The minimum absolute atomic E-state index is 0.483. The summed E-state index contributed by atoms with van der Waals surface area (Å²) in [6.45, 7) is 3.09. The minimum Gasteiger partial charge on any atom is -0.480 e. The van der Waals surface area contributed by atoms with Gasteiger partial charge in [0.15, 0.2) is 11.9 Å². The molecule has 0 aliphatic carbocycles. The van der Waals surface area contributed by atoms with Crippen molar-refractivity contribution in [2.75, 3.05) is 36.5 Å². The molecule has 2 N–H and O–H groups in total. The standard InChI is InChI=1S/C23H23N5O3/c29-23(30)21-20(16-5-2-1-3-6-16)26-22-18(7-4-10-28(21)22)25-17-8-9-19(24-15-17)27-11-13-31-14-12-27/h1-10,15,20-21,25H,11-14H2,(H,29,30). The number of benzene rings is 1. The Morgan fingerprint density at radius 1 is 1.13 bits per heavy atom. The molecule has 3 aliphatic heterocycles. The highest BCUT2D eigenvalue weighted by molar-refractivity contribution is 6.06. The lowest BCUT2D eigenvalue weighted by atomic mass is 10.00. The van der Waals surface area contributed by atoms with E-state index in [0.29, 0.717) is 19.0 Å². The van der Waals surface area contributed by atoms with Crippen molar-refractivity contribution in [3.8, 4) is 0 Å². The quantitative estimate of drug-likeness (QED) is 0.773. The molecule has 1 aromatic carbocycles. The molecule has 2 aromatic rings. The minimum atomic E-state index is -0.907. The normalized spacial score (nSPS) is 22.6. The summed E-state index contributed by atoms with van der Waals surface area (Å²) in [7, 11) is 0. The van der Waals surface area contributed by atoms with Crippen molar-refractivity contribution < 1.29 is 14.6 Å². The van der Waals surface area contributed by atoms with E-state index in [1.807, 2.05) is 54.6 Å². The monoisotopic (exact) mass is 417 g/mol. The summed E-state index contributed by atoms with van der Waals surface area (Å²) in [6.07, 6.45) is 7.29. The van der Waals surface area contributed by atoms with Crippen LogP contribution in [0.4, 0.5) is 11.5 Å². The van der Waals surface area contributed by atoms with Crippen LogP contribution < -0.4 is 10.2 Å². The summed E-state index contributed by atoms with van der Waals surface area (Å²) >= 11 is 0. The number of morpholine rings is 1. The third kappa shape index (κ3) is 3.77. The molecule has 4 heterocycles. The molecular formula is C23H23N5O3. The maximum absolute atomic E-state index is 12.1. The Balaban J connectivity index is 1.38. The summed E-state index contributed by atoms with van der Waals surface area (Å²) in [5.41, 5.74) is 2.44. The first kappa shape index (κ1) is 19.3. The Labute approximate surface area is 180 Å². The number of allylic oxidation sites excluding steroid dienone is 2. The van der Waals surface area contributed by atoms with E-state index in [-0.39, 0.29) is 0 Å². The highest BCUT2D eigenvalue weighted by Gasteiger charge is 2.42. The van der Waals surface area contributed by atoms with Gasteiger partial charge in [-0.25, -0.2) is 9.78 Å². The van der Waals surface area contributed by atoms with Gasteiger partial charge in [0, 0.05) is 19.3 Å². The number of anilines is 2. The number of aliphatic carboxylic acids is 1. The number of aliphatic imine (C=N–C) groups is 1.